The molecule has 10 heteroatoms. The second-order valence-electron chi connectivity index (χ2n) is 6.96. The molecule has 2 aliphatic rings. The van der Waals surface area contributed by atoms with Gasteiger partial charge in [-0.25, -0.2) is 18.4 Å². The van der Waals surface area contributed by atoms with Gasteiger partial charge in [0, 0.05) is 19.4 Å². The Hall–Kier alpha value is -2.75. The largest absolute Gasteiger partial charge is 0.310 e. The van der Waals surface area contributed by atoms with Crippen LogP contribution in [-0.2, 0) is 26.0 Å². The Morgan fingerprint density at radius 2 is 2.07 bits per heavy atom. The summed E-state index contributed by atoms with van der Waals surface area (Å²) in [6.07, 6.45) is 0.693. The fourth-order valence-corrected chi connectivity index (χ4v) is 5.34. The maximum absolute atomic E-state index is 12.8. The van der Waals surface area contributed by atoms with Crippen LogP contribution in [0.3, 0.4) is 0 Å². The van der Waals surface area contributed by atoms with E-state index in [0.29, 0.717) is 18.9 Å². The minimum absolute atomic E-state index is 0.0407. The van der Waals surface area contributed by atoms with E-state index in [1.165, 1.54) is 5.01 Å². The van der Waals surface area contributed by atoms with Gasteiger partial charge in [0.05, 0.1) is 28.6 Å². The maximum Gasteiger partial charge on any atom is 0.274 e. The van der Waals surface area contributed by atoms with Gasteiger partial charge in [-0.3, -0.25) is 14.9 Å². The maximum atomic E-state index is 12.8. The lowest BCUT2D eigenvalue weighted by atomic mass is 10.1. The first-order valence-electron chi connectivity index (χ1n) is 9.24. The summed E-state index contributed by atoms with van der Waals surface area (Å²) < 4.78 is 25.3. The van der Waals surface area contributed by atoms with Crippen LogP contribution in [0.2, 0.25) is 0 Å². The first-order chi connectivity index (χ1) is 13.4. The van der Waals surface area contributed by atoms with Crippen molar-refractivity contribution in [1.29, 1.82) is 0 Å². The number of carbonyl (C=O) groups is 2. The highest BCUT2D eigenvalue weighted by Gasteiger charge is 2.37. The molecule has 1 aromatic heterocycles. The fraction of sp³-hybridized carbons (Fsp3) is 0.444. The second-order valence-corrected chi connectivity index (χ2v) is 9.19. The van der Waals surface area contributed by atoms with Crippen molar-refractivity contribution in [3.63, 3.8) is 0 Å². The van der Waals surface area contributed by atoms with E-state index in [1.807, 2.05) is 35.8 Å². The van der Waals surface area contributed by atoms with Crippen LogP contribution in [0.4, 0.5) is 5.95 Å². The highest BCUT2D eigenvalue weighted by atomic mass is 32.2. The van der Waals surface area contributed by atoms with Crippen molar-refractivity contribution in [3.8, 4) is 0 Å². The van der Waals surface area contributed by atoms with Crippen molar-refractivity contribution >= 4 is 44.3 Å². The summed E-state index contributed by atoms with van der Waals surface area (Å²) in [6.45, 7) is 2.59. The number of aromatic nitrogens is 2. The molecule has 0 bridgehead atoms. The molecule has 0 spiro atoms. The van der Waals surface area contributed by atoms with E-state index < -0.39 is 21.8 Å². The molecule has 1 N–H and O–H groups in total. The summed E-state index contributed by atoms with van der Waals surface area (Å²) in [4.78, 5) is 29.4. The Balaban J connectivity index is 1.58. The Labute approximate surface area is 162 Å². The van der Waals surface area contributed by atoms with E-state index in [4.69, 9.17) is 0 Å². The fourth-order valence-electron chi connectivity index (χ4n) is 3.65. The number of anilines is 1. The number of amides is 2. The molecule has 1 atom stereocenters. The molecule has 2 aromatic rings. The monoisotopic (exact) mass is 403 g/mol. The van der Waals surface area contributed by atoms with E-state index in [-0.39, 0.29) is 36.0 Å². The van der Waals surface area contributed by atoms with Gasteiger partial charge in [0.25, 0.3) is 5.91 Å². The number of carbonyl (C=O) groups excluding carboxylic acids is 2. The van der Waals surface area contributed by atoms with Crippen LogP contribution in [-0.4, -0.2) is 58.1 Å². The summed E-state index contributed by atoms with van der Waals surface area (Å²) in [5.41, 5.74) is 1.90. The van der Waals surface area contributed by atoms with Crippen LogP contribution in [0.15, 0.2) is 29.4 Å². The number of para-hydroxylation sites is 2. The SMILES string of the molecule is CCn1c(NC(=O)C2=NN(C3CCS(=O)(=O)C3)C(=O)CC2)nc2ccccc21. The Kier molecular flexibility index (Phi) is 4.66. The van der Waals surface area contributed by atoms with Crippen molar-refractivity contribution in [1.82, 2.24) is 14.6 Å². The quantitative estimate of drug-likeness (QED) is 0.823. The van der Waals surface area contributed by atoms with Crippen LogP contribution < -0.4 is 5.32 Å². The number of benzene rings is 1. The normalized spacial score (nSPS) is 21.8. The summed E-state index contributed by atoms with van der Waals surface area (Å²) in [5, 5.41) is 8.18. The van der Waals surface area contributed by atoms with Gasteiger partial charge in [-0.2, -0.15) is 5.10 Å². The molecular weight excluding hydrogens is 382 g/mol. The topological polar surface area (TPSA) is 114 Å². The van der Waals surface area contributed by atoms with Gasteiger partial charge in [0.2, 0.25) is 11.9 Å². The zero-order valence-corrected chi connectivity index (χ0v) is 16.3. The minimum Gasteiger partial charge on any atom is -0.310 e. The van der Waals surface area contributed by atoms with Gasteiger partial charge < -0.3 is 4.57 Å². The minimum atomic E-state index is -3.16. The van der Waals surface area contributed by atoms with Crippen LogP contribution in [0.5, 0.6) is 0 Å². The molecule has 28 heavy (non-hydrogen) atoms. The highest BCUT2D eigenvalue weighted by molar-refractivity contribution is 7.91. The number of fused-ring (bicyclic) bond motifs is 1. The molecule has 1 aromatic carbocycles. The molecule has 148 valence electrons. The number of nitrogens with one attached hydrogen (secondary N) is 1. The average molecular weight is 403 g/mol. The predicted molar refractivity (Wildman–Crippen MR) is 105 cm³/mol. The van der Waals surface area contributed by atoms with E-state index in [1.54, 1.807) is 0 Å². The molecule has 3 heterocycles. The lowest BCUT2D eigenvalue weighted by Gasteiger charge is -2.27. The van der Waals surface area contributed by atoms with Crippen molar-refractivity contribution in [2.24, 2.45) is 5.10 Å². The molecule has 0 aliphatic carbocycles. The molecule has 1 unspecified atom stereocenters. The Morgan fingerprint density at radius 1 is 1.29 bits per heavy atom. The van der Waals surface area contributed by atoms with Crippen molar-refractivity contribution in [2.45, 2.75) is 38.8 Å². The number of hydrogen-bond donors (Lipinski definition) is 1. The molecule has 1 saturated heterocycles. The van der Waals surface area contributed by atoms with E-state index in [9.17, 15) is 18.0 Å². The number of hydrogen-bond acceptors (Lipinski definition) is 6. The third kappa shape index (κ3) is 3.39. The standard InChI is InChI=1S/C18H21N5O4S/c1-2-22-15-6-4-3-5-13(15)19-18(22)20-17(25)14-7-8-16(24)23(21-14)12-9-10-28(26,27)11-12/h3-6,12H,2,7-11H2,1H3,(H,19,20,25). The third-order valence-corrected chi connectivity index (χ3v) is 6.82. The first kappa shape index (κ1) is 18.6. The predicted octanol–water partition coefficient (Wildman–Crippen LogP) is 1.16. The van der Waals surface area contributed by atoms with E-state index >= 15 is 0 Å². The number of rotatable bonds is 4. The van der Waals surface area contributed by atoms with Gasteiger partial charge in [0.15, 0.2) is 9.84 Å². The number of hydrazone groups is 1. The Morgan fingerprint density at radius 3 is 2.79 bits per heavy atom. The van der Waals surface area contributed by atoms with Crippen LogP contribution in [0.1, 0.15) is 26.2 Å². The summed E-state index contributed by atoms with van der Waals surface area (Å²) in [6, 6.07) is 7.09. The van der Waals surface area contributed by atoms with Crippen molar-refractivity contribution in [2.75, 3.05) is 16.8 Å². The van der Waals surface area contributed by atoms with Gasteiger partial charge in [0.1, 0.15) is 5.71 Å². The molecule has 4 rings (SSSR count). The van der Waals surface area contributed by atoms with Crippen molar-refractivity contribution in [3.05, 3.63) is 24.3 Å². The van der Waals surface area contributed by atoms with Gasteiger partial charge in [-0.05, 0) is 25.5 Å². The third-order valence-electron chi connectivity index (χ3n) is 5.07. The summed E-state index contributed by atoms with van der Waals surface area (Å²) >= 11 is 0. The summed E-state index contributed by atoms with van der Waals surface area (Å²) in [7, 11) is -3.16. The van der Waals surface area contributed by atoms with Crippen LogP contribution >= 0.6 is 0 Å². The molecule has 2 aliphatic heterocycles. The van der Waals surface area contributed by atoms with Crippen LogP contribution in [0.25, 0.3) is 11.0 Å². The number of sulfone groups is 1. The van der Waals surface area contributed by atoms with Crippen LogP contribution in [0, 0.1) is 0 Å². The van der Waals surface area contributed by atoms with Crippen molar-refractivity contribution < 1.29 is 18.0 Å². The van der Waals surface area contributed by atoms with Gasteiger partial charge in [-0.15, -0.1) is 0 Å². The molecule has 0 saturated carbocycles. The van der Waals surface area contributed by atoms with E-state index in [2.05, 4.69) is 15.4 Å². The lowest BCUT2D eigenvalue weighted by Crippen LogP contribution is -2.42. The average Bonchev–Trinajstić information content (AvgIpc) is 3.20. The first-order valence-corrected chi connectivity index (χ1v) is 11.1. The highest BCUT2D eigenvalue weighted by Crippen LogP contribution is 2.23. The zero-order chi connectivity index (χ0) is 19.9. The zero-order valence-electron chi connectivity index (χ0n) is 15.5. The molecule has 1 fully saturated rings. The summed E-state index contributed by atoms with van der Waals surface area (Å²) in [5.74, 6) is -0.326. The molecule has 9 nitrogen and oxygen atoms in total. The second kappa shape index (κ2) is 7.01. The number of aryl methyl sites for hydroxylation is 1. The number of nitrogens with zero attached hydrogens (tertiary/aromatic N) is 4. The lowest BCUT2D eigenvalue weighted by molar-refractivity contribution is -0.133. The van der Waals surface area contributed by atoms with Gasteiger partial charge >= 0.3 is 0 Å². The smallest absolute Gasteiger partial charge is 0.274 e. The van der Waals surface area contributed by atoms with Gasteiger partial charge in [-0.1, -0.05) is 12.1 Å². The molecular formula is C18H21N5O4S. The van der Waals surface area contributed by atoms with E-state index in [0.717, 1.165) is 11.0 Å². The Bertz CT molecular complexity index is 1090. The molecule has 0 radical (unpaired) electrons. The number of imidazole rings is 1. The molecule has 2 amide bonds.